The lowest BCUT2D eigenvalue weighted by Gasteiger charge is -2.16. The number of aliphatic hydroxyl groups excluding tert-OH is 2. The van der Waals surface area contributed by atoms with Crippen LogP contribution in [0.3, 0.4) is 0 Å². The van der Waals surface area contributed by atoms with Crippen LogP contribution in [-0.2, 0) is 4.74 Å². The lowest BCUT2D eigenvalue weighted by atomic mass is 10.1. The van der Waals surface area contributed by atoms with Crippen molar-refractivity contribution in [2.24, 2.45) is 0 Å². The predicted molar refractivity (Wildman–Crippen MR) is 80.1 cm³/mol. The number of nitrogens with zero attached hydrogens (tertiary/aromatic N) is 4. The molecule has 1 saturated carbocycles. The van der Waals surface area contributed by atoms with Gasteiger partial charge in [-0.25, -0.2) is 14.4 Å². The van der Waals surface area contributed by atoms with Gasteiger partial charge in [0.15, 0.2) is 18.0 Å². The van der Waals surface area contributed by atoms with Gasteiger partial charge < -0.3 is 19.7 Å². The van der Waals surface area contributed by atoms with E-state index in [0.29, 0.717) is 11.2 Å². The third-order valence-electron chi connectivity index (χ3n) is 4.61. The van der Waals surface area contributed by atoms with E-state index in [1.165, 1.54) is 17.1 Å². The third kappa shape index (κ3) is 2.62. The summed E-state index contributed by atoms with van der Waals surface area (Å²) < 4.78 is 26.6. The largest absolute Gasteiger partial charge is 0.460 e. The highest BCUT2D eigenvalue weighted by Crippen LogP contribution is 2.33. The molecule has 2 aliphatic rings. The molecule has 1 aliphatic carbocycles. The van der Waals surface area contributed by atoms with Crippen molar-refractivity contribution in [3.63, 3.8) is 0 Å². The van der Waals surface area contributed by atoms with Crippen LogP contribution in [0.15, 0.2) is 12.5 Å². The summed E-state index contributed by atoms with van der Waals surface area (Å²) in [5.41, 5.74) is 0.889. The second kappa shape index (κ2) is 6.23. The summed E-state index contributed by atoms with van der Waals surface area (Å²) in [6, 6.07) is 0.235. The molecule has 130 valence electrons. The second-order valence-corrected chi connectivity index (χ2v) is 6.22. The van der Waals surface area contributed by atoms with Crippen LogP contribution in [0.4, 0.5) is 4.39 Å². The minimum absolute atomic E-state index is 0.112. The summed E-state index contributed by atoms with van der Waals surface area (Å²) >= 11 is 0. The predicted octanol–water partition coefficient (Wildman–Crippen LogP) is 0.736. The first-order chi connectivity index (χ1) is 11.7. The van der Waals surface area contributed by atoms with E-state index < -0.39 is 31.2 Å². The van der Waals surface area contributed by atoms with Gasteiger partial charge in [0.05, 0.1) is 19.1 Å². The number of aliphatic hydroxyl groups is 2. The monoisotopic (exact) mass is 338 g/mol. The van der Waals surface area contributed by atoms with Crippen molar-refractivity contribution in [1.82, 2.24) is 19.5 Å². The van der Waals surface area contributed by atoms with Gasteiger partial charge in [0.2, 0.25) is 0 Å². The van der Waals surface area contributed by atoms with Gasteiger partial charge in [-0.3, -0.25) is 4.57 Å². The maximum absolute atomic E-state index is 13.9. The van der Waals surface area contributed by atoms with E-state index in [0.717, 1.165) is 25.7 Å². The summed E-state index contributed by atoms with van der Waals surface area (Å²) in [5.74, 6) is 0. The zero-order valence-electron chi connectivity index (χ0n) is 13.0. The molecule has 24 heavy (non-hydrogen) atoms. The Morgan fingerprint density at radius 1 is 1.33 bits per heavy atom. The van der Waals surface area contributed by atoms with Crippen LogP contribution in [0.1, 0.15) is 31.9 Å². The molecular formula is C15H19FN4O4. The average molecular weight is 338 g/mol. The molecule has 2 aromatic rings. The molecule has 0 radical (unpaired) electrons. The van der Waals surface area contributed by atoms with Crippen LogP contribution in [0.5, 0.6) is 6.01 Å². The van der Waals surface area contributed by atoms with Crippen molar-refractivity contribution >= 4 is 11.2 Å². The van der Waals surface area contributed by atoms with Crippen molar-refractivity contribution < 1.29 is 24.1 Å². The summed E-state index contributed by atoms with van der Waals surface area (Å²) in [4.78, 5) is 12.6. The Bertz CT molecular complexity index is 721. The number of hydrogen-bond acceptors (Lipinski definition) is 7. The van der Waals surface area contributed by atoms with E-state index in [4.69, 9.17) is 14.6 Å². The molecule has 8 nitrogen and oxygen atoms in total. The molecule has 4 atom stereocenters. The third-order valence-corrected chi connectivity index (χ3v) is 4.61. The van der Waals surface area contributed by atoms with E-state index in [1.807, 2.05) is 0 Å². The summed E-state index contributed by atoms with van der Waals surface area (Å²) in [6.45, 7) is -0.508. The van der Waals surface area contributed by atoms with Gasteiger partial charge >= 0.3 is 6.01 Å². The maximum Gasteiger partial charge on any atom is 0.318 e. The molecule has 0 unspecified atom stereocenters. The van der Waals surface area contributed by atoms with E-state index in [-0.39, 0.29) is 12.1 Å². The van der Waals surface area contributed by atoms with E-state index in [2.05, 4.69) is 15.0 Å². The van der Waals surface area contributed by atoms with Gasteiger partial charge in [-0.05, 0) is 25.7 Å². The van der Waals surface area contributed by atoms with Gasteiger partial charge in [-0.15, -0.1) is 0 Å². The molecule has 0 amide bonds. The summed E-state index contributed by atoms with van der Waals surface area (Å²) in [5, 5.41) is 19.2. The molecule has 2 fully saturated rings. The van der Waals surface area contributed by atoms with Crippen LogP contribution in [0, 0.1) is 0 Å². The van der Waals surface area contributed by atoms with Crippen molar-refractivity contribution in [3.8, 4) is 6.01 Å². The number of aromatic nitrogens is 4. The average Bonchev–Trinajstić information content (AvgIpc) is 3.29. The molecule has 0 bridgehead atoms. The maximum atomic E-state index is 13.9. The van der Waals surface area contributed by atoms with Crippen LogP contribution in [0.2, 0.25) is 0 Å². The molecule has 1 saturated heterocycles. The quantitative estimate of drug-likeness (QED) is 0.847. The molecule has 1 aliphatic heterocycles. The lowest BCUT2D eigenvalue weighted by Crippen LogP contribution is -2.29. The van der Waals surface area contributed by atoms with Crippen LogP contribution >= 0.6 is 0 Å². The van der Waals surface area contributed by atoms with Gasteiger partial charge in [0, 0.05) is 0 Å². The standard InChI is InChI=1S/C15H19FN4O4/c16-11-10(6-21)24-14(12(11)22)20-7-18-9-5-17-15(19-13(9)20)23-8-3-1-2-4-8/h5,7-8,10-12,14,21-22H,1-4,6H2/t10-,11+,12-,14-/m1/s1. The number of fused-ring (bicyclic) bond motifs is 1. The molecule has 3 heterocycles. The summed E-state index contributed by atoms with van der Waals surface area (Å²) in [7, 11) is 0. The second-order valence-electron chi connectivity index (χ2n) is 6.22. The Hall–Kier alpha value is -1.84. The van der Waals surface area contributed by atoms with Crippen LogP contribution < -0.4 is 4.74 Å². The highest BCUT2D eigenvalue weighted by molar-refractivity contribution is 5.69. The van der Waals surface area contributed by atoms with Gasteiger partial charge in [0.1, 0.15) is 23.8 Å². The molecule has 4 rings (SSSR count). The van der Waals surface area contributed by atoms with Crippen molar-refractivity contribution in [2.45, 2.75) is 56.4 Å². The Labute approximate surface area is 137 Å². The normalized spacial score (nSPS) is 31.1. The number of alkyl halides is 1. The lowest BCUT2D eigenvalue weighted by molar-refractivity contribution is -0.0495. The van der Waals surface area contributed by atoms with Crippen LogP contribution in [0.25, 0.3) is 11.2 Å². The summed E-state index contributed by atoms with van der Waals surface area (Å²) in [6.07, 6.45) is 2.12. The Balaban J connectivity index is 1.63. The van der Waals surface area contributed by atoms with Crippen molar-refractivity contribution in [3.05, 3.63) is 12.5 Å². The molecule has 0 aromatic carbocycles. The van der Waals surface area contributed by atoms with Gasteiger partial charge in [-0.1, -0.05) is 0 Å². The minimum atomic E-state index is -1.67. The molecule has 2 aromatic heterocycles. The Morgan fingerprint density at radius 3 is 2.83 bits per heavy atom. The molecule has 9 heteroatoms. The number of rotatable bonds is 4. The highest BCUT2D eigenvalue weighted by atomic mass is 19.1. The SMILES string of the molecule is OC[C@H]1O[C@@H](n2cnc3cnc(OC4CCCC4)nc32)[C@H](O)[C@H]1F. The first kappa shape index (κ1) is 15.7. The van der Waals surface area contributed by atoms with Gasteiger partial charge in [0.25, 0.3) is 0 Å². The number of halogens is 1. The zero-order valence-corrected chi connectivity index (χ0v) is 13.0. The van der Waals surface area contributed by atoms with Crippen molar-refractivity contribution in [2.75, 3.05) is 6.61 Å². The minimum Gasteiger partial charge on any atom is -0.460 e. The fraction of sp³-hybridized carbons (Fsp3) is 0.667. The van der Waals surface area contributed by atoms with E-state index >= 15 is 0 Å². The molecule has 2 N–H and O–H groups in total. The number of ether oxygens (including phenoxy) is 2. The van der Waals surface area contributed by atoms with Crippen molar-refractivity contribution in [1.29, 1.82) is 0 Å². The van der Waals surface area contributed by atoms with E-state index in [9.17, 15) is 9.50 Å². The topological polar surface area (TPSA) is 103 Å². The fourth-order valence-electron chi connectivity index (χ4n) is 3.29. The smallest absolute Gasteiger partial charge is 0.318 e. The molecular weight excluding hydrogens is 319 g/mol. The first-order valence-corrected chi connectivity index (χ1v) is 8.12. The Kier molecular flexibility index (Phi) is 4.07. The number of imidazole rings is 1. The number of hydrogen-bond donors (Lipinski definition) is 2. The Morgan fingerprint density at radius 2 is 2.12 bits per heavy atom. The van der Waals surface area contributed by atoms with Gasteiger partial charge in [-0.2, -0.15) is 4.98 Å². The van der Waals surface area contributed by atoms with Crippen LogP contribution in [-0.4, -0.2) is 60.8 Å². The zero-order chi connectivity index (χ0) is 16.7. The van der Waals surface area contributed by atoms with E-state index in [1.54, 1.807) is 0 Å². The first-order valence-electron chi connectivity index (χ1n) is 8.12. The molecule has 0 spiro atoms. The highest BCUT2D eigenvalue weighted by Gasteiger charge is 2.45. The fourth-order valence-corrected chi connectivity index (χ4v) is 3.29.